The number of nitriles is 1. The summed E-state index contributed by atoms with van der Waals surface area (Å²) in [5, 5.41) is 8.18. The highest BCUT2D eigenvalue weighted by Gasteiger charge is 2.18. The zero-order valence-electron chi connectivity index (χ0n) is 6.81. The van der Waals surface area contributed by atoms with E-state index in [9.17, 15) is 7.77 Å². The minimum absolute atomic E-state index is 0.0235. The van der Waals surface area contributed by atoms with Gasteiger partial charge < -0.3 is 0 Å². The summed E-state index contributed by atoms with van der Waals surface area (Å²) in [5.41, 5.74) is 0. The molecule has 0 aliphatic carbocycles. The average Bonchev–Trinajstić information content (AvgIpc) is 1.79. The number of halogens is 2. The molecule has 0 N–H and O–H groups in total. The van der Waals surface area contributed by atoms with Gasteiger partial charge in [-0.15, -0.1) is 0 Å². The molecule has 0 rings (SSSR count). The van der Waals surface area contributed by atoms with E-state index in [0.717, 1.165) is 6.26 Å². The van der Waals surface area contributed by atoms with Crippen LogP contribution in [0.4, 0.5) is 7.77 Å². The molecule has 0 aromatic heterocycles. The van der Waals surface area contributed by atoms with Crippen LogP contribution < -0.4 is 0 Å². The molecule has 0 fully saturated rings. The zero-order chi connectivity index (χ0) is 8.91. The third kappa shape index (κ3) is 7.60. The molecule has 11 heavy (non-hydrogen) atoms. The summed E-state index contributed by atoms with van der Waals surface area (Å²) < 4.78 is 24.8. The van der Waals surface area contributed by atoms with Gasteiger partial charge >= 0.3 is 0 Å². The summed E-state index contributed by atoms with van der Waals surface area (Å²) in [4.78, 5) is 0. The Bertz CT molecular complexity index is 148. The second kappa shape index (κ2) is 4.55. The van der Waals surface area contributed by atoms with E-state index in [4.69, 9.17) is 5.26 Å². The van der Waals surface area contributed by atoms with E-state index in [1.807, 2.05) is 6.07 Å². The van der Waals surface area contributed by atoms with E-state index in [-0.39, 0.29) is 11.7 Å². The van der Waals surface area contributed by atoms with E-state index >= 15 is 0 Å². The van der Waals surface area contributed by atoms with Crippen LogP contribution >= 0.6 is 10.8 Å². The first-order valence-electron chi connectivity index (χ1n) is 3.48. The molecule has 0 aliphatic rings. The van der Waals surface area contributed by atoms with Crippen molar-refractivity contribution in [1.29, 1.82) is 5.26 Å². The largest absolute Gasteiger partial charge is 0.198 e. The summed E-state index contributed by atoms with van der Waals surface area (Å²) in [6, 6.07) is 1.95. The van der Waals surface area contributed by atoms with Crippen molar-refractivity contribution in [2.75, 3.05) is 12.0 Å². The molecule has 1 nitrogen and oxygen atoms in total. The smallest absolute Gasteiger partial charge is 0.0621 e. The molecular weight excluding hydrogens is 168 g/mol. The number of hydrogen-bond acceptors (Lipinski definition) is 1. The van der Waals surface area contributed by atoms with Gasteiger partial charge in [0.2, 0.25) is 0 Å². The molecule has 0 aliphatic heterocycles. The Morgan fingerprint density at radius 3 is 2.45 bits per heavy atom. The second-order valence-electron chi connectivity index (χ2n) is 2.84. The maximum atomic E-state index is 12.4. The molecule has 0 bridgehead atoms. The van der Waals surface area contributed by atoms with Crippen molar-refractivity contribution in [2.24, 2.45) is 5.92 Å². The van der Waals surface area contributed by atoms with Gasteiger partial charge in [0.1, 0.15) is 0 Å². The first-order valence-corrected chi connectivity index (χ1v) is 5.49. The van der Waals surface area contributed by atoms with Crippen LogP contribution in [0.3, 0.4) is 0 Å². The predicted octanol–water partition coefficient (Wildman–Crippen LogP) is 3.13. The van der Waals surface area contributed by atoms with Crippen LogP contribution in [0, 0.1) is 17.2 Å². The van der Waals surface area contributed by atoms with Gasteiger partial charge in [-0.1, -0.05) is 6.92 Å². The topological polar surface area (TPSA) is 23.8 Å². The fraction of sp³-hybridized carbons (Fsp3) is 0.857. The maximum absolute atomic E-state index is 12.4. The Balaban J connectivity index is 3.54. The standard InChI is InChI=1S/C7H13F2NS/c1-7(4-3-5-10)6-11(2,8)9/h7H,3-4,6H2,1-2H3. The molecular formula is C7H13F2NS. The van der Waals surface area contributed by atoms with Crippen molar-refractivity contribution < 1.29 is 7.77 Å². The van der Waals surface area contributed by atoms with Crippen LogP contribution in [-0.2, 0) is 0 Å². The molecule has 0 aromatic carbocycles. The van der Waals surface area contributed by atoms with Gasteiger partial charge in [-0.05, 0) is 12.3 Å². The highest BCUT2D eigenvalue weighted by Crippen LogP contribution is 2.49. The molecule has 0 spiro atoms. The molecule has 0 saturated heterocycles. The van der Waals surface area contributed by atoms with Gasteiger partial charge in [0.05, 0.1) is 16.9 Å². The van der Waals surface area contributed by atoms with Gasteiger partial charge in [0, 0.05) is 18.4 Å². The Hall–Kier alpha value is -0.300. The number of nitrogens with zero attached hydrogens (tertiary/aromatic N) is 1. The summed E-state index contributed by atoms with van der Waals surface area (Å²) >= 11 is 0. The van der Waals surface area contributed by atoms with Crippen LogP contribution in [0.25, 0.3) is 0 Å². The van der Waals surface area contributed by atoms with Crippen LogP contribution in [0.5, 0.6) is 0 Å². The summed E-state index contributed by atoms with van der Waals surface area (Å²) in [6.07, 6.45) is 1.97. The lowest BCUT2D eigenvalue weighted by Crippen LogP contribution is -2.03. The zero-order valence-corrected chi connectivity index (χ0v) is 7.63. The monoisotopic (exact) mass is 181 g/mol. The fourth-order valence-corrected chi connectivity index (χ4v) is 2.06. The number of rotatable bonds is 4. The third-order valence-electron chi connectivity index (χ3n) is 1.33. The van der Waals surface area contributed by atoms with Crippen molar-refractivity contribution in [3.63, 3.8) is 0 Å². The maximum Gasteiger partial charge on any atom is 0.0621 e. The molecule has 0 heterocycles. The highest BCUT2D eigenvalue weighted by atomic mass is 32.3. The van der Waals surface area contributed by atoms with Crippen molar-refractivity contribution in [3.8, 4) is 6.07 Å². The highest BCUT2D eigenvalue weighted by molar-refractivity contribution is 8.24. The van der Waals surface area contributed by atoms with Crippen molar-refractivity contribution in [3.05, 3.63) is 0 Å². The molecule has 0 amide bonds. The molecule has 0 radical (unpaired) electrons. The van der Waals surface area contributed by atoms with Crippen molar-refractivity contribution >= 4 is 10.8 Å². The molecule has 66 valence electrons. The average molecular weight is 181 g/mol. The van der Waals surface area contributed by atoms with Gasteiger partial charge in [0.15, 0.2) is 0 Å². The molecule has 0 aromatic rings. The van der Waals surface area contributed by atoms with E-state index in [0.29, 0.717) is 12.8 Å². The first kappa shape index (κ1) is 10.7. The summed E-state index contributed by atoms with van der Waals surface area (Å²) in [7, 11) is -3.36. The van der Waals surface area contributed by atoms with Crippen LogP contribution in [0.1, 0.15) is 19.8 Å². The van der Waals surface area contributed by atoms with Gasteiger partial charge in [-0.25, -0.2) is 0 Å². The van der Waals surface area contributed by atoms with Gasteiger partial charge in [0.25, 0.3) is 0 Å². The van der Waals surface area contributed by atoms with Gasteiger partial charge in [-0.3, -0.25) is 0 Å². The Kier molecular flexibility index (Phi) is 4.43. The fourth-order valence-electron chi connectivity index (χ4n) is 0.894. The van der Waals surface area contributed by atoms with E-state index in [1.54, 1.807) is 6.92 Å². The van der Waals surface area contributed by atoms with Gasteiger partial charge in [-0.2, -0.15) is 13.0 Å². The molecule has 4 heteroatoms. The lowest BCUT2D eigenvalue weighted by molar-refractivity contribution is 0.584. The van der Waals surface area contributed by atoms with E-state index in [2.05, 4.69) is 0 Å². The Morgan fingerprint density at radius 1 is 1.55 bits per heavy atom. The Labute approximate surface area is 68.3 Å². The van der Waals surface area contributed by atoms with Crippen LogP contribution in [-0.4, -0.2) is 12.0 Å². The van der Waals surface area contributed by atoms with E-state index < -0.39 is 10.8 Å². The van der Waals surface area contributed by atoms with Crippen molar-refractivity contribution in [1.82, 2.24) is 0 Å². The third-order valence-corrected chi connectivity index (χ3v) is 2.48. The van der Waals surface area contributed by atoms with Crippen LogP contribution in [0.2, 0.25) is 0 Å². The van der Waals surface area contributed by atoms with E-state index in [1.165, 1.54) is 0 Å². The number of hydrogen-bond donors (Lipinski definition) is 0. The minimum atomic E-state index is -3.36. The predicted molar refractivity (Wildman–Crippen MR) is 44.6 cm³/mol. The first-order chi connectivity index (χ1) is 4.95. The lowest BCUT2D eigenvalue weighted by Gasteiger charge is -2.18. The normalized spacial score (nSPS) is 15.5. The Morgan fingerprint density at radius 2 is 2.09 bits per heavy atom. The summed E-state index contributed by atoms with van der Waals surface area (Å²) in [5.74, 6) is -0.0565. The SMILES string of the molecule is CC(CCC#N)CS(C)(F)F. The minimum Gasteiger partial charge on any atom is -0.198 e. The lowest BCUT2D eigenvalue weighted by atomic mass is 10.1. The van der Waals surface area contributed by atoms with Crippen LogP contribution in [0.15, 0.2) is 0 Å². The second-order valence-corrected chi connectivity index (χ2v) is 4.92. The quantitative estimate of drug-likeness (QED) is 0.653. The molecule has 1 atom stereocenters. The molecule has 0 saturated carbocycles. The molecule has 1 unspecified atom stereocenters. The van der Waals surface area contributed by atoms with Crippen molar-refractivity contribution in [2.45, 2.75) is 19.8 Å². The summed E-state index contributed by atoms with van der Waals surface area (Å²) in [6.45, 7) is 1.77.